The smallest absolute Gasteiger partial charge is 0.0723 e. The number of hydrogen-bond acceptors (Lipinski definition) is 1. The molecule has 0 aromatic carbocycles. The number of rotatable bonds is 1. The van der Waals surface area contributed by atoms with Crippen LogP contribution in [0, 0.1) is 0 Å². The summed E-state index contributed by atoms with van der Waals surface area (Å²) >= 11 is 0. The van der Waals surface area contributed by atoms with Gasteiger partial charge in [0, 0.05) is 0 Å². The van der Waals surface area contributed by atoms with Gasteiger partial charge in [0.25, 0.3) is 0 Å². The van der Waals surface area contributed by atoms with E-state index in [-0.39, 0.29) is 6.10 Å². The van der Waals surface area contributed by atoms with Crippen LogP contribution >= 0.6 is 0 Å². The van der Waals surface area contributed by atoms with E-state index in [1.54, 1.807) is 0 Å². The fraction of sp³-hybridized carbons (Fsp3) is 0.750. The molecule has 1 heteroatoms. The van der Waals surface area contributed by atoms with Gasteiger partial charge in [-0.05, 0) is 25.7 Å². The van der Waals surface area contributed by atoms with Crippen molar-refractivity contribution < 1.29 is 5.11 Å². The molecule has 0 unspecified atom stereocenters. The third kappa shape index (κ3) is 1.83. The van der Waals surface area contributed by atoms with Crippen LogP contribution in [-0.4, -0.2) is 11.2 Å². The van der Waals surface area contributed by atoms with Crippen LogP contribution in [0.4, 0.5) is 0 Å². The summed E-state index contributed by atoms with van der Waals surface area (Å²) in [4.78, 5) is 0. The predicted octanol–water partition coefficient (Wildman–Crippen LogP) is 1.87. The molecular formula is C8H14O. The van der Waals surface area contributed by atoms with E-state index < -0.39 is 0 Å². The molecule has 1 aliphatic rings. The van der Waals surface area contributed by atoms with Crippen molar-refractivity contribution in [2.24, 2.45) is 0 Å². The molecule has 0 aromatic heterocycles. The standard InChI is InChI=1S/C8H14O/c1-2-7-4-3-5-8(9)6-7/h6,8-9H,2-5H2,1H3/t8-/m1/s1. The van der Waals surface area contributed by atoms with Gasteiger partial charge in [0.2, 0.25) is 0 Å². The molecular weight excluding hydrogens is 112 g/mol. The van der Waals surface area contributed by atoms with Crippen molar-refractivity contribution in [1.82, 2.24) is 0 Å². The first kappa shape index (κ1) is 6.81. The van der Waals surface area contributed by atoms with E-state index in [0.717, 1.165) is 12.8 Å². The zero-order chi connectivity index (χ0) is 6.69. The minimum atomic E-state index is -0.145. The van der Waals surface area contributed by atoms with Crippen LogP contribution in [0.15, 0.2) is 11.6 Å². The van der Waals surface area contributed by atoms with Crippen LogP contribution in [-0.2, 0) is 0 Å². The van der Waals surface area contributed by atoms with Crippen LogP contribution < -0.4 is 0 Å². The Labute approximate surface area is 56.4 Å². The molecule has 0 bridgehead atoms. The average molecular weight is 126 g/mol. The molecule has 1 N–H and O–H groups in total. The zero-order valence-electron chi connectivity index (χ0n) is 5.93. The van der Waals surface area contributed by atoms with Crippen LogP contribution in [0.1, 0.15) is 32.6 Å². The summed E-state index contributed by atoms with van der Waals surface area (Å²) in [7, 11) is 0. The molecule has 0 aromatic rings. The van der Waals surface area contributed by atoms with Gasteiger partial charge in [-0.2, -0.15) is 0 Å². The number of aliphatic hydroxyl groups is 1. The lowest BCUT2D eigenvalue weighted by Gasteiger charge is -2.14. The fourth-order valence-corrected chi connectivity index (χ4v) is 1.27. The Balaban J connectivity index is 2.49. The van der Waals surface area contributed by atoms with E-state index in [0.29, 0.717) is 0 Å². The lowest BCUT2D eigenvalue weighted by Crippen LogP contribution is -2.08. The Kier molecular flexibility index (Phi) is 2.29. The van der Waals surface area contributed by atoms with Crippen molar-refractivity contribution in [3.05, 3.63) is 11.6 Å². The van der Waals surface area contributed by atoms with Crippen molar-refractivity contribution in [2.75, 3.05) is 0 Å². The Bertz CT molecular complexity index is 116. The molecule has 0 radical (unpaired) electrons. The van der Waals surface area contributed by atoms with E-state index in [1.165, 1.54) is 18.4 Å². The molecule has 0 heterocycles. The molecule has 9 heavy (non-hydrogen) atoms. The highest BCUT2D eigenvalue weighted by molar-refractivity contribution is 5.07. The molecule has 0 saturated heterocycles. The van der Waals surface area contributed by atoms with E-state index in [9.17, 15) is 0 Å². The van der Waals surface area contributed by atoms with Gasteiger partial charge in [0.1, 0.15) is 0 Å². The van der Waals surface area contributed by atoms with Gasteiger partial charge in [-0.15, -0.1) is 0 Å². The van der Waals surface area contributed by atoms with Crippen molar-refractivity contribution in [3.63, 3.8) is 0 Å². The third-order valence-corrected chi connectivity index (χ3v) is 1.88. The van der Waals surface area contributed by atoms with Gasteiger partial charge >= 0.3 is 0 Å². The minimum absolute atomic E-state index is 0.145. The summed E-state index contributed by atoms with van der Waals surface area (Å²) in [5.74, 6) is 0. The maximum Gasteiger partial charge on any atom is 0.0723 e. The molecule has 0 fully saturated rings. The lowest BCUT2D eigenvalue weighted by molar-refractivity contribution is 0.201. The summed E-state index contributed by atoms with van der Waals surface area (Å²) in [5.41, 5.74) is 1.42. The molecule has 0 amide bonds. The lowest BCUT2D eigenvalue weighted by atomic mass is 9.96. The fourth-order valence-electron chi connectivity index (χ4n) is 1.27. The molecule has 1 rings (SSSR count). The summed E-state index contributed by atoms with van der Waals surface area (Å²) in [6, 6.07) is 0. The summed E-state index contributed by atoms with van der Waals surface area (Å²) in [5, 5.41) is 9.13. The van der Waals surface area contributed by atoms with Crippen molar-refractivity contribution in [3.8, 4) is 0 Å². The topological polar surface area (TPSA) is 20.2 Å². The molecule has 0 spiro atoms. The molecule has 0 saturated carbocycles. The van der Waals surface area contributed by atoms with Crippen molar-refractivity contribution in [1.29, 1.82) is 0 Å². The maximum absolute atomic E-state index is 9.13. The second kappa shape index (κ2) is 3.02. The zero-order valence-corrected chi connectivity index (χ0v) is 5.93. The molecule has 52 valence electrons. The monoisotopic (exact) mass is 126 g/mol. The van der Waals surface area contributed by atoms with Gasteiger partial charge in [0.05, 0.1) is 6.10 Å². The van der Waals surface area contributed by atoms with Gasteiger partial charge in [0.15, 0.2) is 0 Å². The SMILES string of the molecule is CCC1=C[C@H](O)CCC1. The first-order chi connectivity index (χ1) is 4.33. The molecule has 1 atom stereocenters. The second-order valence-corrected chi connectivity index (χ2v) is 2.64. The number of hydrogen-bond donors (Lipinski definition) is 1. The number of allylic oxidation sites excluding steroid dienone is 1. The summed E-state index contributed by atoms with van der Waals surface area (Å²) < 4.78 is 0. The van der Waals surface area contributed by atoms with Crippen LogP contribution in [0.2, 0.25) is 0 Å². The van der Waals surface area contributed by atoms with Crippen molar-refractivity contribution in [2.45, 2.75) is 38.7 Å². The van der Waals surface area contributed by atoms with Crippen LogP contribution in [0.3, 0.4) is 0 Å². The molecule has 0 aliphatic heterocycles. The van der Waals surface area contributed by atoms with Gasteiger partial charge < -0.3 is 5.11 Å². The minimum Gasteiger partial charge on any atom is -0.389 e. The molecule has 1 nitrogen and oxygen atoms in total. The van der Waals surface area contributed by atoms with Crippen LogP contribution in [0.25, 0.3) is 0 Å². The normalized spacial score (nSPS) is 27.8. The first-order valence-electron chi connectivity index (χ1n) is 3.70. The quantitative estimate of drug-likeness (QED) is 0.532. The second-order valence-electron chi connectivity index (χ2n) is 2.64. The predicted molar refractivity (Wildman–Crippen MR) is 38.2 cm³/mol. The van der Waals surface area contributed by atoms with Gasteiger partial charge in [-0.3, -0.25) is 0 Å². The maximum atomic E-state index is 9.13. The Morgan fingerprint density at radius 1 is 1.78 bits per heavy atom. The first-order valence-corrected chi connectivity index (χ1v) is 3.70. The highest BCUT2D eigenvalue weighted by Crippen LogP contribution is 2.19. The third-order valence-electron chi connectivity index (χ3n) is 1.88. The summed E-state index contributed by atoms with van der Waals surface area (Å²) in [6.07, 6.45) is 6.30. The Morgan fingerprint density at radius 2 is 2.56 bits per heavy atom. The van der Waals surface area contributed by atoms with Crippen LogP contribution in [0.5, 0.6) is 0 Å². The highest BCUT2D eigenvalue weighted by Gasteiger charge is 2.07. The largest absolute Gasteiger partial charge is 0.389 e. The van der Waals surface area contributed by atoms with Crippen molar-refractivity contribution >= 4 is 0 Å². The van der Waals surface area contributed by atoms with E-state index in [4.69, 9.17) is 5.11 Å². The van der Waals surface area contributed by atoms with E-state index >= 15 is 0 Å². The average Bonchev–Trinajstić information content (AvgIpc) is 1.88. The Morgan fingerprint density at radius 3 is 3.00 bits per heavy atom. The highest BCUT2D eigenvalue weighted by atomic mass is 16.3. The summed E-state index contributed by atoms with van der Waals surface area (Å²) in [6.45, 7) is 2.14. The number of aliphatic hydroxyl groups excluding tert-OH is 1. The van der Waals surface area contributed by atoms with E-state index in [1.807, 2.05) is 6.08 Å². The van der Waals surface area contributed by atoms with Gasteiger partial charge in [-0.25, -0.2) is 0 Å². The van der Waals surface area contributed by atoms with Gasteiger partial charge in [-0.1, -0.05) is 18.6 Å². The Hall–Kier alpha value is -0.300. The molecule has 1 aliphatic carbocycles. The van der Waals surface area contributed by atoms with E-state index in [2.05, 4.69) is 6.92 Å².